The van der Waals surface area contributed by atoms with Gasteiger partial charge in [-0.05, 0) is 30.7 Å². The Bertz CT molecular complexity index is 712. The zero-order chi connectivity index (χ0) is 13.9. The molecule has 3 nitrogen and oxygen atoms in total. The van der Waals surface area contributed by atoms with E-state index in [-0.39, 0.29) is 6.04 Å². The zero-order valence-corrected chi connectivity index (χ0v) is 12.6. The van der Waals surface area contributed by atoms with Crippen molar-refractivity contribution in [2.24, 2.45) is 0 Å². The molecule has 0 aliphatic rings. The maximum absolute atomic E-state index is 6.20. The van der Waals surface area contributed by atoms with Crippen LogP contribution in [0.3, 0.4) is 0 Å². The standard InChI is InChI=1S/C15H14ClN3S/c1-10(15-18-7-8-20-15)19-9-11-4-5-13(16)12-3-2-6-17-14(11)12/h2-8,10,19H,9H2,1H3. The van der Waals surface area contributed by atoms with Gasteiger partial charge in [0.25, 0.3) is 0 Å². The normalized spacial score (nSPS) is 12.7. The van der Waals surface area contributed by atoms with Gasteiger partial charge in [-0.2, -0.15) is 0 Å². The average Bonchev–Trinajstić information content (AvgIpc) is 3.01. The van der Waals surface area contributed by atoms with E-state index < -0.39 is 0 Å². The topological polar surface area (TPSA) is 37.8 Å². The van der Waals surface area contributed by atoms with Crippen molar-refractivity contribution >= 4 is 33.8 Å². The second kappa shape index (κ2) is 5.87. The Morgan fingerprint density at radius 3 is 2.95 bits per heavy atom. The fourth-order valence-corrected chi connectivity index (χ4v) is 3.02. The molecule has 102 valence electrons. The predicted octanol–water partition coefficient (Wildman–Crippen LogP) is 4.20. The summed E-state index contributed by atoms with van der Waals surface area (Å²) in [5, 5.41) is 8.30. The summed E-state index contributed by atoms with van der Waals surface area (Å²) in [4.78, 5) is 8.77. The molecule has 0 aliphatic heterocycles. The Labute approximate surface area is 126 Å². The van der Waals surface area contributed by atoms with Crippen molar-refractivity contribution in [1.82, 2.24) is 15.3 Å². The van der Waals surface area contributed by atoms with Crippen LogP contribution in [0.15, 0.2) is 42.0 Å². The molecule has 1 unspecified atom stereocenters. The lowest BCUT2D eigenvalue weighted by molar-refractivity contribution is 0.573. The van der Waals surface area contributed by atoms with Crippen LogP contribution in [0.1, 0.15) is 23.5 Å². The Balaban J connectivity index is 1.83. The smallest absolute Gasteiger partial charge is 0.109 e. The molecular weight excluding hydrogens is 290 g/mol. The van der Waals surface area contributed by atoms with Crippen LogP contribution >= 0.6 is 22.9 Å². The van der Waals surface area contributed by atoms with Gasteiger partial charge in [0.15, 0.2) is 0 Å². The molecule has 20 heavy (non-hydrogen) atoms. The molecule has 0 amide bonds. The Morgan fingerprint density at radius 2 is 2.15 bits per heavy atom. The highest BCUT2D eigenvalue weighted by molar-refractivity contribution is 7.09. The number of halogens is 1. The molecule has 5 heteroatoms. The number of hydrogen-bond acceptors (Lipinski definition) is 4. The molecule has 3 rings (SSSR count). The monoisotopic (exact) mass is 303 g/mol. The molecule has 0 radical (unpaired) electrons. The summed E-state index contributed by atoms with van der Waals surface area (Å²) in [5.74, 6) is 0. The number of aromatic nitrogens is 2. The maximum Gasteiger partial charge on any atom is 0.109 e. The molecule has 1 atom stereocenters. The Hall–Kier alpha value is -1.49. The summed E-state index contributed by atoms with van der Waals surface area (Å²) in [6, 6.07) is 8.09. The second-order valence-corrected chi connectivity index (χ2v) is 5.91. The minimum Gasteiger partial charge on any atom is -0.304 e. The fourth-order valence-electron chi connectivity index (χ4n) is 2.14. The van der Waals surface area contributed by atoms with E-state index in [1.807, 2.05) is 35.8 Å². The van der Waals surface area contributed by atoms with Crippen molar-refractivity contribution in [2.45, 2.75) is 19.5 Å². The molecule has 0 bridgehead atoms. The summed E-state index contributed by atoms with van der Waals surface area (Å²) in [5.41, 5.74) is 2.10. The summed E-state index contributed by atoms with van der Waals surface area (Å²) < 4.78 is 0. The number of thiazole rings is 1. The average molecular weight is 304 g/mol. The van der Waals surface area contributed by atoms with Crippen LogP contribution in [0.2, 0.25) is 5.02 Å². The van der Waals surface area contributed by atoms with E-state index in [2.05, 4.69) is 22.2 Å². The molecule has 0 aliphatic carbocycles. The van der Waals surface area contributed by atoms with E-state index in [1.165, 1.54) is 0 Å². The van der Waals surface area contributed by atoms with Crippen LogP contribution in [0.4, 0.5) is 0 Å². The minimum absolute atomic E-state index is 0.226. The van der Waals surface area contributed by atoms with E-state index in [0.29, 0.717) is 0 Å². The molecule has 0 saturated carbocycles. The van der Waals surface area contributed by atoms with Crippen molar-refractivity contribution in [2.75, 3.05) is 0 Å². The van der Waals surface area contributed by atoms with Crippen molar-refractivity contribution in [1.29, 1.82) is 0 Å². The quantitative estimate of drug-likeness (QED) is 0.785. The third-order valence-corrected chi connectivity index (χ3v) is 4.51. The molecule has 3 aromatic rings. The minimum atomic E-state index is 0.226. The summed E-state index contributed by atoms with van der Waals surface area (Å²) in [6.45, 7) is 2.86. The highest BCUT2D eigenvalue weighted by Gasteiger charge is 2.10. The molecule has 2 heterocycles. The van der Waals surface area contributed by atoms with Crippen LogP contribution in [0.25, 0.3) is 10.9 Å². The molecule has 0 spiro atoms. The van der Waals surface area contributed by atoms with Crippen molar-refractivity contribution in [3.8, 4) is 0 Å². The molecule has 1 N–H and O–H groups in total. The van der Waals surface area contributed by atoms with Gasteiger partial charge in [0, 0.05) is 34.7 Å². The number of pyridine rings is 1. The van der Waals surface area contributed by atoms with E-state index in [1.54, 1.807) is 17.5 Å². The first-order valence-electron chi connectivity index (χ1n) is 6.40. The van der Waals surface area contributed by atoms with Gasteiger partial charge in [-0.15, -0.1) is 11.3 Å². The van der Waals surface area contributed by atoms with Gasteiger partial charge in [0.2, 0.25) is 0 Å². The first kappa shape index (κ1) is 13.5. The lowest BCUT2D eigenvalue weighted by atomic mass is 10.1. The summed E-state index contributed by atoms with van der Waals surface area (Å²) in [7, 11) is 0. The lowest BCUT2D eigenvalue weighted by Crippen LogP contribution is -2.18. The number of fused-ring (bicyclic) bond motifs is 1. The van der Waals surface area contributed by atoms with E-state index in [4.69, 9.17) is 11.6 Å². The second-order valence-electron chi connectivity index (χ2n) is 4.58. The first-order valence-corrected chi connectivity index (χ1v) is 7.66. The van der Waals surface area contributed by atoms with E-state index in [9.17, 15) is 0 Å². The maximum atomic E-state index is 6.20. The van der Waals surface area contributed by atoms with Crippen LogP contribution < -0.4 is 5.32 Å². The third kappa shape index (κ3) is 2.68. The van der Waals surface area contributed by atoms with Gasteiger partial charge in [-0.25, -0.2) is 4.98 Å². The van der Waals surface area contributed by atoms with Crippen LogP contribution in [-0.4, -0.2) is 9.97 Å². The highest BCUT2D eigenvalue weighted by Crippen LogP contribution is 2.25. The van der Waals surface area contributed by atoms with Gasteiger partial charge in [0.05, 0.1) is 11.6 Å². The van der Waals surface area contributed by atoms with Crippen LogP contribution in [-0.2, 0) is 6.54 Å². The molecular formula is C15H14ClN3S. The number of benzene rings is 1. The number of nitrogens with one attached hydrogen (secondary N) is 1. The largest absolute Gasteiger partial charge is 0.304 e. The van der Waals surface area contributed by atoms with Crippen LogP contribution in [0, 0.1) is 0 Å². The van der Waals surface area contributed by atoms with Gasteiger partial charge >= 0.3 is 0 Å². The Morgan fingerprint density at radius 1 is 1.25 bits per heavy atom. The van der Waals surface area contributed by atoms with Crippen molar-refractivity contribution in [3.63, 3.8) is 0 Å². The Kier molecular flexibility index (Phi) is 3.96. The van der Waals surface area contributed by atoms with Gasteiger partial charge < -0.3 is 5.32 Å². The third-order valence-electron chi connectivity index (χ3n) is 3.22. The molecule has 2 aromatic heterocycles. The van der Waals surface area contributed by atoms with Gasteiger partial charge in [0.1, 0.15) is 5.01 Å². The summed E-state index contributed by atoms with van der Waals surface area (Å²) in [6.07, 6.45) is 3.63. The van der Waals surface area contributed by atoms with Crippen LogP contribution in [0.5, 0.6) is 0 Å². The number of nitrogens with zero attached hydrogens (tertiary/aromatic N) is 2. The number of hydrogen-bond donors (Lipinski definition) is 1. The molecule has 0 fully saturated rings. The van der Waals surface area contributed by atoms with Crippen molar-refractivity contribution < 1.29 is 0 Å². The predicted molar refractivity (Wildman–Crippen MR) is 84.1 cm³/mol. The molecule has 0 saturated heterocycles. The fraction of sp³-hybridized carbons (Fsp3) is 0.200. The number of rotatable bonds is 4. The molecule has 1 aromatic carbocycles. The summed E-state index contributed by atoms with van der Waals surface area (Å²) >= 11 is 7.87. The SMILES string of the molecule is CC(NCc1ccc(Cl)c2cccnc12)c1nccs1. The zero-order valence-electron chi connectivity index (χ0n) is 11.0. The first-order chi connectivity index (χ1) is 9.75. The van der Waals surface area contributed by atoms with E-state index in [0.717, 1.165) is 33.0 Å². The van der Waals surface area contributed by atoms with Crippen molar-refractivity contribution in [3.05, 3.63) is 57.6 Å². The van der Waals surface area contributed by atoms with Gasteiger partial charge in [-0.1, -0.05) is 17.7 Å². The van der Waals surface area contributed by atoms with Gasteiger partial charge in [-0.3, -0.25) is 4.98 Å². The lowest BCUT2D eigenvalue weighted by Gasteiger charge is -2.12. The highest BCUT2D eigenvalue weighted by atomic mass is 35.5. The van der Waals surface area contributed by atoms with E-state index >= 15 is 0 Å².